The van der Waals surface area contributed by atoms with Crippen molar-refractivity contribution in [1.82, 2.24) is 0 Å². The number of nitrogens with two attached hydrogens (primary N) is 2. The molecule has 0 atom stereocenters. The Morgan fingerprint density at radius 3 is 2.19 bits per heavy atom. The number of para-hydroxylation sites is 1. The van der Waals surface area contributed by atoms with Crippen molar-refractivity contribution in [2.24, 2.45) is 0 Å². The summed E-state index contributed by atoms with van der Waals surface area (Å²) in [4.78, 5) is 0. The topological polar surface area (TPSA) is 65.2 Å². The minimum absolute atomic E-state index is 0.434. The Hall–Kier alpha value is -5.02. The average molecular weight is 476 g/mol. The number of hydrogen-bond donors (Lipinski definition) is 2. The summed E-state index contributed by atoms with van der Waals surface area (Å²) in [6.07, 6.45) is 0. The zero-order valence-electron chi connectivity index (χ0n) is 20.9. The zero-order valence-corrected chi connectivity index (χ0v) is 19.9. The minimum atomic E-state index is 0.434. The number of nitrogen functional groups attached to an aromatic ring is 2. The Morgan fingerprint density at radius 2 is 1.27 bits per heavy atom. The van der Waals surface area contributed by atoms with Gasteiger partial charge in [0.2, 0.25) is 0 Å². The average Bonchev–Trinajstić information content (AvgIpc) is 3.32. The lowest BCUT2D eigenvalue weighted by molar-refractivity contribution is 0.669. The summed E-state index contributed by atoms with van der Waals surface area (Å²) in [5.41, 5.74) is 20.0. The molecule has 4 N–H and O–H groups in total. The van der Waals surface area contributed by atoms with Gasteiger partial charge in [-0.3, -0.25) is 0 Å². The van der Waals surface area contributed by atoms with E-state index in [1.165, 1.54) is 0 Å². The van der Waals surface area contributed by atoms with Crippen LogP contribution in [0.3, 0.4) is 0 Å². The highest BCUT2D eigenvalue weighted by Gasteiger charge is 2.15. The van der Waals surface area contributed by atoms with E-state index in [2.05, 4.69) is 54.6 Å². The maximum absolute atomic E-state index is 8.96. The highest BCUT2D eigenvalue weighted by atomic mass is 16.3. The molecule has 3 heteroatoms. The van der Waals surface area contributed by atoms with Gasteiger partial charge in [0.15, 0.2) is 0 Å². The first-order valence-electron chi connectivity index (χ1n) is 12.8. The van der Waals surface area contributed by atoms with E-state index in [0.717, 1.165) is 82.2 Å². The fourth-order valence-electron chi connectivity index (χ4n) is 5.82. The Labute approximate surface area is 214 Å². The summed E-state index contributed by atoms with van der Waals surface area (Å²) in [6.45, 7) is 0. The van der Waals surface area contributed by atoms with Crippen molar-refractivity contribution in [2.75, 3.05) is 11.5 Å². The van der Waals surface area contributed by atoms with Crippen LogP contribution in [-0.2, 0) is 0 Å². The molecular weight excluding hydrogens is 452 g/mol. The van der Waals surface area contributed by atoms with Crippen LogP contribution in [0.1, 0.15) is 1.37 Å². The molecule has 37 heavy (non-hydrogen) atoms. The third-order valence-corrected chi connectivity index (χ3v) is 7.67. The molecule has 0 aliphatic carbocycles. The van der Waals surface area contributed by atoms with Gasteiger partial charge in [-0.25, -0.2) is 0 Å². The minimum Gasteiger partial charge on any atom is -0.456 e. The van der Waals surface area contributed by atoms with E-state index < -0.39 is 0 Å². The van der Waals surface area contributed by atoms with E-state index in [0.29, 0.717) is 11.7 Å². The predicted octanol–water partition coefficient (Wildman–Crippen LogP) is 8.98. The summed E-state index contributed by atoms with van der Waals surface area (Å²) in [7, 11) is 0. The first-order chi connectivity index (χ1) is 18.6. The fourth-order valence-corrected chi connectivity index (χ4v) is 5.82. The van der Waals surface area contributed by atoms with Gasteiger partial charge in [0, 0.05) is 38.5 Å². The van der Waals surface area contributed by atoms with Gasteiger partial charge >= 0.3 is 0 Å². The number of benzene rings is 7. The summed E-state index contributed by atoms with van der Waals surface area (Å²) in [5.74, 6) is 0. The maximum atomic E-state index is 8.96. The van der Waals surface area contributed by atoms with Crippen molar-refractivity contribution < 1.29 is 5.79 Å². The van der Waals surface area contributed by atoms with Crippen molar-refractivity contribution in [2.45, 2.75) is 0 Å². The Balaban J connectivity index is 1.29. The van der Waals surface area contributed by atoms with Crippen molar-refractivity contribution >= 4 is 65.6 Å². The molecule has 7 aromatic carbocycles. The largest absolute Gasteiger partial charge is 0.456 e. The molecule has 174 valence electrons. The predicted molar refractivity (Wildman–Crippen MR) is 157 cm³/mol. The van der Waals surface area contributed by atoms with Crippen LogP contribution in [0.4, 0.5) is 11.4 Å². The van der Waals surface area contributed by atoms with E-state index in [-0.39, 0.29) is 0 Å². The summed E-state index contributed by atoms with van der Waals surface area (Å²) in [5, 5.41) is 8.70. The molecule has 0 aliphatic rings. The van der Waals surface area contributed by atoms with E-state index in [9.17, 15) is 0 Å². The number of fused-ring (bicyclic) bond motifs is 3. The SMILES string of the molecule is [2H]c1cc(-c2ccc3oc4ccccc4c3c2)ccc1-c1cc2ccc3c(N)ccc4ccc(c1N)c2c43. The maximum Gasteiger partial charge on any atom is 0.135 e. The van der Waals surface area contributed by atoms with Crippen molar-refractivity contribution in [3.63, 3.8) is 0 Å². The first kappa shape index (κ1) is 19.2. The molecule has 1 heterocycles. The van der Waals surface area contributed by atoms with Crippen LogP contribution in [0.25, 0.3) is 76.5 Å². The van der Waals surface area contributed by atoms with Crippen molar-refractivity contribution in [3.05, 3.63) is 109 Å². The van der Waals surface area contributed by atoms with Gasteiger partial charge < -0.3 is 15.9 Å². The molecule has 0 radical (unpaired) electrons. The second-order valence-corrected chi connectivity index (χ2v) is 9.72. The molecular formula is C34H22N2O. The Morgan fingerprint density at radius 1 is 0.541 bits per heavy atom. The van der Waals surface area contributed by atoms with Gasteiger partial charge in [0.25, 0.3) is 0 Å². The summed E-state index contributed by atoms with van der Waals surface area (Å²) in [6, 6.07) is 35.2. The molecule has 0 saturated heterocycles. The van der Waals surface area contributed by atoms with Crippen LogP contribution in [0.2, 0.25) is 0 Å². The van der Waals surface area contributed by atoms with Crippen LogP contribution < -0.4 is 11.5 Å². The van der Waals surface area contributed by atoms with Crippen LogP contribution in [0.15, 0.2) is 114 Å². The second-order valence-electron chi connectivity index (χ2n) is 9.72. The van der Waals surface area contributed by atoms with Crippen molar-refractivity contribution in [1.29, 1.82) is 0 Å². The van der Waals surface area contributed by atoms with Gasteiger partial charge in [-0.1, -0.05) is 78.8 Å². The lowest BCUT2D eigenvalue weighted by atomic mass is 9.89. The molecule has 8 aromatic rings. The van der Waals surface area contributed by atoms with E-state index in [4.69, 9.17) is 17.3 Å². The third-order valence-electron chi connectivity index (χ3n) is 7.67. The van der Waals surface area contributed by atoms with Crippen LogP contribution in [-0.4, -0.2) is 0 Å². The van der Waals surface area contributed by atoms with E-state index in [1.807, 2.05) is 48.5 Å². The molecule has 3 nitrogen and oxygen atoms in total. The number of hydrogen-bond acceptors (Lipinski definition) is 3. The lowest BCUT2D eigenvalue weighted by Crippen LogP contribution is -1.95. The Kier molecular flexibility index (Phi) is 3.76. The van der Waals surface area contributed by atoms with Gasteiger partial charge in [-0.15, -0.1) is 0 Å². The fraction of sp³-hybridized carbons (Fsp3) is 0. The van der Waals surface area contributed by atoms with Gasteiger partial charge in [-0.05, 0) is 68.6 Å². The summed E-state index contributed by atoms with van der Waals surface area (Å²) >= 11 is 0. The van der Waals surface area contributed by atoms with Crippen LogP contribution >= 0.6 is 0 Å². The van der Waals surface area contributed by atoms with E-state index >= 15 is 0 Å². The van der Waals surface area contributed by atoms with Gasteiger partial charge in [0.05, 0.1) is 1.37 Å². The quantitative estimate of drug-likeness (QED) is 0.194. The molecule has 1 aromatic heterocycles. The monoisotopic (exact) mass is 475 g/mol. The van der Waals surface area contributed by atoms with Crippen molar-refractivity contribution in [3.8, 4) is 22.3 Å². The molecule has 0 amide bonds. The van der Waals surface area contributed by atoms with Gasteiger partial charge in [0.1, 0.15) is 11.2 Å². The van der Waals surface area contributed by atoms with Gasteiger partial charge in [-0.2, -0.15) is 0 Å². The highest BCUT2D eigenvalue weighted by Crippen LogP contribution is 2.43. The molecule has 0 bridgehead atoms. The van der Waals surface area contributed by atoms with Crippen LogP contribution in [0, 0.1) is 0 Å². The molecule has 0 aliphatic heterocycles. The molecule has 0 unspecified atom stereocenters. The smallest absolute Gasteiger partial charge is 0.135 e. The third kappa shape index (κ3) is 2.82. The number of furan rings is 1. The molecule has 0 saturated carbocycles. The first-order valence-corrected chi connectivity index (χ1v) is 12.3. The number of anilines is 2. The highest BCUT2D eigenvalue weighted by molar-refractivity contribution is 6.28. The zero-order chi connectivity index (χ0) is 25.5. The molecule has 8 rings (SSSR count). The molecule has 0 fully saturated rings. The second kappa shape index (κ2) is 7.25. The lowest BCUT2D eigenvalue weighted by Gasteiger charge is -2.16. The van der Waals surface area contributed by atoms with E-state index in [1.54, 1.807) is 0 Å². The standard InChI is InChI=1S/C34H22N2O/c35-29-15-11-21-9-14-26-33-23(10-13-25(29)32(21)33)18-27(34(26)36)20-7-5-19(6-8-20)22-12-16-31-28(17-22)24-3-1-2-4-30(24)37-31/h1-18H,35-36H2/i7D. The Bertz CT molecular complexity index is 2230. The molecule has 0 spiro atoms. The summed E-state index contributed by atoms with van der Waals surface area (Å²) < 4.78 is 14.9. The number of rotatable bonds is 2. The van der Waals surface area contributed by atoms with Crippen LogP contribution in [0.5, 0.6) is 0 Å². The normalized spacial score (nSPS) is 12.4.